The number of carbonyl (C=O) groups excluding carboxylic acids is 1. The molecule has 0 aromatic carbocycles. The molecule has 0 rings (SSSR count). The molecule has 1 unspecified atom stereocenters. The highest BCUT2D eigenvalue weighted by Gasteiger charge is 2.23. The van der Waals surface area contributed by atoms with Crippen molar-refractivity contribution in [3.05, 3.63) is 12.2 Å². The summed E-state index contributed by atoms with van der Waals surface area (Å²) in [6, 6.07) is -0.881. The Labute approximate surface area is 399 Å². The molecule has 0 aromatic rings. The van der Waals surface area contributed by atoms with E-state index in [2.05, 4.69) is 19.2 Å². The zero-order chi connectivity index (χ0) is 47.1. The lowest BCUT2D eigenvalue weighted by atomic mass is 10.0. The number of aliphatic hydroxyl groups excluding tert-OH is 1. The number of hydrogen-bond donors (Lipinski definition) is 2. The van der Waals surface area contributed by atoms with Gasteiger partial charge in [0.2, 0.25) is 5.91 Å². The fourth-order valence-electron chi connectivity index (χ4n) is 8.57. The number of quaternary nitrogens is 1. The molecule has 0 saturated carbocycles. The number of phosphoric ester groups is 1. The van der Waals surface area contributed by atoms with Crippen molar-refractivity contribution in [2.24, 2.45) is 0 Å². The number of nitrogens with zero attached hydrogens (tertiary/aromatic N) is 1. The molecule has 0 aliphatic carbocycles. The molecule has 0 heterocycles. The van der Waals surface area contributed by atoms with Crippen molar-refractivity contribution in [2.45, 2.75) is 296 Å². The van der Waals surface area contributed by atoms with Crippen molar-refractivity contribution in [1.82, 2.24) is 5.32 Å². The van der Waals surface area contributed by atoms with Crippen molar-refractivity contribution in [2.75, 3.05) is 40.9 Å². The zero-order valence-electron chi connectivity index (χ0n) is 43.5. The fourth-order valence-corrected chi connectivity index (χ4v) is 9.29. The lowest BCUT2D eigenvalue weighted by Gasteiger charge is -2.29. The summed E-state index contributed by atoms with van der Waals surface area (Å²) in [5.74, 6) is -0.191. The summed E-state index contributed by atoms with van der Waals surface area (Å²) in [4.78, 5) is 25.4. The summed E-state index contributed by atoms with van der Waals surface area (Å²) < 4.78 is 23.3. The molecular formula is C55H111N2O6P. The maximum absolute atomic E-state index is 12.9. The average molecular weight is 927 g/mol. The predicted molar refractivity (Wildman–Crippen MR) is 275 cm³/mol. The molecule has 9 heteroatoms. The number of aliphatic hydroxyl groups is 1. The highest BCUT2D eigenvalue weighted by Crippen LogP contribution is 2.38. The molecule has 64 heavy (non-hydrogen) atoms. The van der Waals surface area contributed by atoms with E-state index in [9.17, 15) is 19.4 Å². The molecule has 0 aliphatic heterocycles. The maximum atomic E-state index is 12.9. The molecule has 3 atom stereocenters. The summed E-state index contributed by atoms with van der Waals surface area (Å²) in [7, 11) is 1.28. The van der Waals surface area contributed by atoms with E-state index in [0.717, 1.165) is 38.5 Å². The van der Waals surface area contributed by atoms with Crippen molar-refractivity contribution in [1.29, 1.82) is 0 Å². The summed E-state index contributed by atoms with van der Waals surface area (Å²) in [6.07, 6.45) is 57.1. The summed E-state index contributed by atoms with van der Waals surface area (Å²) in [6.45, 7) is 4.69. The first-order valence-electron chi connectivity index (χ1n) is 28.1. The van der Waals surface area contributed by atoms with Crippen molar-refractivity contribution < 1.29 is 32.9 Å². The second-order valence-corrected chi connectivity index (χ2v) is 22.1. The van der Waals surface area contributed by atoms with Gasteiger partial charge in [0.05, 0.1) is 39.9 Å². The van der Waals surface area contributed by atoms with Gasteiger partial charge in [-0.3, -0.25) is 9.36 Å². The SMILES string of the molecule is CCCCCCCCCCCCCCC/C=C/[C@@H](O)[C@H](COP(=O)([O-])OCC[N+](C)(C)C)NC(=O)CCCCCCCCCCCCCCCCCCCCCCCCCCCCC. The van der Waals surface area contributed by atoms with Crippen LogP contribution < -0.4 is 10.2 Å². The van der Waals surface area contributed by atoms with Crippen LogP contribution in [0.15, 0.2) is 12.2 Å². The molecule has 0 saturated heterocycles. The predicted octanol–water partition coefficient (Wildman–Crippen LogP) is 16.0. The normalized spacial score (nSPS) is 14.0. The first kappa shape index (κ1) is 63.2. The summed E-state index contributed by atoms with van der Waals surface area (Å²) in [5.41, 5.74) is 0. The topological polar surface area (TPSA) is 108 Å². The Bertz CT molecular complexity index is 1050. The molecule has 0 spiro atoms. The molecule has 0 aliphatic rings. The van der Waals surface area contributed by atoms with E-state index in [1.54, 1.807) is 6.08 Å². The van der Waals surface area contributed by atoms with Gasteiger partial charge in [-0.25, -0.2) is 0 Å². The second kappa shape index (κ2) is 47.3. The van der Waals surface area contributed by atoms with E-state index >= 15 is 0 Å². The standard InChI is InChI=1S/C55H111N2O6P/c1-6-8-10-12-14-16-18-20-22-23-24-25-26-27-28-29-30-31-32-33-35-37-39-41-43-45-47-49-55(59)56-53(52-63-64(60,61)62-51-50-57(3,4)5)54(58)48-46-44-42-40-38-36-34-21-19-17-15-13-11-9-7-2/h46,48,53-54,58H,6-45,47,49-52H2,1-5H3,(H-,56,59,60,61)/b48-46+/t53-,54+/m0/s1. The fraction of sp³-hybridized carbons (Fsp3) is 0.945. The van der Waals surface area contributed by atoms with E-state index in [1.165, 1.54) is 225 Å². The van der Waals surface area contributed by atoms with Gasteiger partial charge in [-0.15, -0.1) is 0 Å². The Hall–Kier alpha value is -0.760. The second-order valence-electron chi connectivity index (χ2n) is 20.7. The third-order valence-electron chi connectivity index (χ3n) is 13.0. The van der Waals surface area contributed by atoms with Crippen molar-refractivity contribution in [3.8, 4) is 0 Å². The smallest absolute Gasteiger partial charge is 0.268 e. The minimum atomic E-state index is -4.59. The van der Waals surface area contributed by atoms with Gasteiger partial charge in [0.1, 0.15) is 13.2 Å². The van der Waals surface area contributed by atoms with Crippen molar-refractivity contribution >= 4 is 13.7 Å². The number of hydrogen-bond acceptors (Lipinski definition) is 6. The Morgan fingerprint density at radius 3 is 1.17 bits per heavy atom. The number of allylic oxidation sites excluding steroid dienone is 1. The van der Waals surface area contributed by atoms with E-state index in [4.69, 9.17) is 9.05 Å². The minimum absolute atomic E-state index is 0.00250. The third kappa shape index (κ3) is 49.2. The molecule has 1 amide bonds. The zero-order valence-corrected chi connectivity index (χ0v) is 44.4. The first-order valence-corrected chi connectivity index (χ1v) is 29.5. The Morgan fingerprint density at radius 2 is 0.844 bits per heavy atom. The van der Waals surface area contributed by atoms with Crippen LogP contribution in [-0.2, 0) is 18.4 Å². The van der Waals surface area contributed by atoms with Gasteiger partial charge in [-0.05, 0) is 19.3 Å². The summed E-state index contributed by atoms with van der Waals surface area (Å²) in [5, 5.41) is 13.9. The number of carbonyl (C=O) groups is 1. The lowest BCUT2D eigenvalue weighted by molar-refractivity contribution is -0.870. The molecule has 0 radical (unpaired) electrons. The first-order chi connectivity index (χ1) is 31.0. The molecule has 0 bridgehead atoms. The van der Waals surface area contributed by atoms with Crippen LogP contribution in [0.25, 0.3) is 0 Å². The van der Waals surface area contributed by atoms with Gasteiger partial charge in [0.25, 0.3) is 7.82 Å². The number of likely N-dealkylation sites (N-methyl/N-ethyl adjacent to an activating group) is 1. The highest BCUT2D eigenvalue weighted by molar-refractivity contribution is 7.45. The number of nitrogens with one attached hydrogen (secondary N) is 1. The van der Waals surface area contributed by atoms with Crippen LogP contribution >= 0.6 is 7.82 Å². The van der Waals surface area contributed by atoms with Gasteiger partial charge in [0, 0.05) is 6.42 Å². The van der Waals surface area contributed by atoms with Crippen LogP contribution in [0.2, 0.25) is 0 Å². The Morgan fingerprint density at radius 1 is 0.531 bits per heavy atom. The maximum Gasteiger partial charge on any atom is 0.268 e. The van der Waals surface area contributed by atoms with Gasteiger partial charge in [-0.2, -0.15) is 0 Å². The molecule has 2 N–H and O–H groups in total. The van der Waals surface area contributed by atoms with Gasteiger partial charge in [-0.1, -0.05) is 270 Å². The van der Waals surface area contributed by atoms with Gasteiger partial charge in [0.15, 0.2) is 0 Å². The van der Waals surface area contributed by atoms with Crippen LogP contribution in [0.1, 0.15) is 284 Å². The van der Waals surface area contributed by atoms with Gasteiger partial charge >= 0.3 is 0 Å². The Balaban J connectivity index is 4.10. The summed E-state index contributed by atoms with van der Waals surface area (Å²) >= 11 is 0. The number of amides is 1. The highest BCUT2D eigenvalue weighted by atomic mass is 31.2. The van der Waals surface area contributed by atoms with Crippen LogP contribution in [-0.4, -0.2) is 68.5 Å². The molecule has 0 fully saturated rings. The van der Waals surface area contributed by atoms with Gasteiger partial charge < -0.3 is 28.8 Å². The van der Waals surface area contributed by atoms with E-state index in [1.807, 2.05) is 27.2 Å². The minimum Gasteiger partial charge on any atom is -0.756 e. The largest absolute Gasteiger partial charge is 0.756 e. The molecular weight excluding hydrogens is 816 g/mol. The number of phosphoric acid groups is 1. The van der Waals surface area contributed by atoms with E-state index in [-0.39, 0.29) is 19.1 Å². The monoisotopic (exact) mass is 927 g/mol. The van der Waals surface area contributed by atoms with E-state index in [0.29, 0.717) is 17.4 Å². The van der Waals surface area contributed by atoms with Crippen LogP contribution in [0.3, 0.4) is 0 Å². The third-order valence-corrected chi connectivity index (χ3v) is 14.0. The quantitative estimate of drug-likeness (QED) is 0.0272. The van der Waals surface area contributed by atoms with Crippen LogP contribution in [0, 0.1) is 0 Å². The van der Waals surface area contributed by atoms with Crippen molar-refractivity contribution in [3.63, 3.8) is 0 Å². The average Bonchev–Trinajstić information content (AvgIpc) is 3.25. The lowest BCUT2D eigenvalue weighted by Crippen LogP contribution is -2.45. The van der Waals surface area contributed by atoms with E-state index < -0.39 is 20.0 Å². The van der Waals surface area contributed by atoms with Crippen LogP contribution in [0.5, 0.6) is 0 Å². The molecule has 382 valence electrons. The van der Waals surface area contributed by atoms with Crippen LogP contribution in [0.4, 0.5) is 0 Å². The Kier molecular flexibility index (Phi) is 46.8. The number of unbranched alkanes of at least 4 members (excludes halogenated alkanes) is 39. The number of rotatable bonds is 52. The molecule has 8 nitrogen and oxygen atoms in total. The molecule has 0 aromatic heterocycles.